The largest absolute Gasteiger partial charge is 0.456 e. The van der Waals surface area contributed by atoms with Gasteiger partial charge in [-0.2, -0.15) is 0 Å². The fraction of sp³-hybridized carbons (Fsp3) is 0.0392. The molecule has 5 nitrogen and oxygen atoms in total. The van der Waals surface area contributed by atoms with Gasteiger partial charge in [-0.05, 0) is 86.6 Å². The van der Waals surface area contributed by atoms with E-state index in [0.717, 1.165) is 106 Å². The van der Waals surface area contributed by atoms with Crippen LogP contribution in [0.5, 0.6) is 0 Å². The number of fused-ring (bicyclic) bond motifs is 10. The first kappa shape index (κ1) is 31.0. The third-order valence-corrected chi connectivity index (χ3v) is 11.4. The van der Waals surface area contributed by atoms with E-state index in [9.17, 15) is 0 Å². The highest BCUT2D eigenvalue weighted by Crippen LogP contribution is 2.43. The maximum Gasteiger partial charge on any atom is 0.167 e. The fourth-order valence-corrected chi connectivity index (χ4v) is 8.92. The molecule has 3 heterocycles. The van der Waals surface area contributed by atoms with E-state index in [-0.39, 0.29) is 0 Å². The molecule has 262 valence electrons. The number of hydrogen-bond acceptors (Lipinski definition) is 5. The number of allylic oxidation sites excluding steroid dienone is 1. The summed E-state index contributed by atoms with van der Waals surface area (Å²) in [5, 5.41) is 10.1. The Morgan fingerprint density at radius 2 is 0.964 bits per heavy atom. The normalized spacial score (nSPS) is 13.0. The molecule has 0 fully saturated rings. The van der Waals surface area contributed by atoms with Gasteiger partial charge in [-0.15, -0.1) is 0 Å². The second-order valence-electron chi connectivity index (χ2n) is 14.5. The quantitative estimate of drug-likeness (QED) is 0.170. The Morgan fingerprint density at radius 1 is 0.393 bits per heavy atom. The monoisotopic (exact) mass is 717 g/mol. The van der Waals surface area contributed by atoms with E-state index in [1.807, 2.05) is 30.3 Å². The van der Waals surface area contributed by atoms with Crippen molar-refractivity contribution >= 4 is 70.8 Å². The molecule has 8 aromatic carbocycles. The van der Waals surface area contributed by atoms with E-state index >= 15 is 0 Å². The second kappa shape index (κ2) is 12.1. The molecule has 1 aliphatic carbocycles. The van der Waals surface area contributed by atoms with Crippen molar-refractivity contribution < 1.29 is 8.83 Å². The molecule has 0 saturated heterocycles. The van der Waals surface area contributed by atoms with Crippen molar-refractivity contribution in [1.82, 2.24) is 15.0 Å². The molecule has 56 heavy (non-hydrogen) atoms. The standard InChI is InChI=1S/C51H31N3O2/c1-2-14-31-30(13-1)29-43(35-18-6-3-15-32(31)35)51-53-49(52-50(54-51)42-23-11-22-39-37-19-7-9-24-44(37)56-48(39)42)40-28-27-36(33-16-4-5-17-34(33)40)38-21-12-26-46-47(38)41-20-8-10-25-45(41)55-46/h1-10,12-21,23-29H,11,22H2. The molecule has 0 bridgehead atoms. The van der Waals surface area contributed by atoms with Gasteiger partial charge in [-0.1, -0.05) is 133 Å². The van der Waals surface area contributed by atoms with Gasteiger partial charge >= 0.3 is 0 Å². The first-order chi connectivity index (χ1) is 27.8. The van der Waals surface area contributed by atoms with E-state index in [0.29, 0.717) is 17.5 Å². The van der Waals surface area contributed by atoms with Crippen LogP contribution in [0.25, 0.3) is 105 Å². The van der Waals surface area contributed by atoms with Crippen LogP contribution in [0.1, 0.15) is 23.6 Å². The number of hydrogen-bond donors (Lipinski definition) is 0. The molecular formula is C51H31N3O2. The molecule has 3 aromatic heterocycles. The average Bonchev–Trinajstić information content (AvgIpc) is 3.84. The lowest BCUT2D eigenvalue weighted by atomic mass is 9.92. The first-order valence-electron chi connectivity index (χ1n) is 19.1. The molecule has 0 amide bonds. The van der Waals surface area contributed by atoms with Gasteiger partial charge in [0.15, 0.2) is 17.5 Å². The van der Waals surface area contributed by atoms with Crippen molar-refractivity contribution in [3.05, 3.63) is 181 Å². The Balaban J connectivity index is 1.12. The van der Waals surface area contributed by atoms with Crippen LogP contribution in [0.15, 0.2) is 173 Å². The lowest BCUT2D eigenvalue weighted by molar-refractivity contribution is 0.590. The van der Waals surface area contributed by atoms with Crippen molar-refractivity contribution in [3.8, 4) is 33.9 Å². The highest BCUT2D eigenvalue weighted by molar-refractivity contribution is 6.17. The van der Waals surface area contributed by atoms with E-state index in [2.05, 4.69) is 133 Å². The van der Waals surface area contributed by atoms with Gasteiger partial charge in [0.05, 0.1) is 5.57 Å². The topological polar surface area (TPSA) is 65.0 Å². The first-order valence-corrected chi connectivity index (χ1v) is 19.1. The van der Waals surface area contributed by atoms with Crippen LogP contribution < -0.4 is 0 Å². The predicted molar refractivity (Wildman–Crippen MR) is 228 cm³/mol. The molecule has 0 aliphatic heterocycles. The molecule has 11 aromatic rings. The fourth-order valence-electron chi connectivity index (χ4n) is 8.92. The van der Waals surface area contributed by atoms with Crippen LogP contribution in [-0.2, 0) is 6.42 Å². The van der Waals surface area contributed by atoms with Gasteiger partial charge in [0, 0.05) is 32.8 Å². The minimum absolute atomic E-state index is 0.602. The van der Waals surface area contributed by atoms with Gasteiger partial charge < -0.3 is 8.83 Å². The minimum Gasteiger partial charge on any atom is -0.456 e. The number of furan rings is 2. The maximum absolute atomic E-state index is 6.59. The van der Waals surface area contributed by atoms with Crippen LogP contribution in [0, 0.1) is 0 Å². The summed E-state index contributed by atoms with van der Waals surface area (Å²) in [6, 6.07) is 55.1. The summed E-state index contributed by atoms with van der Waals surface area (Å²) in [7, 11) is 0. The third-order valence-electron chi connectivity index (χ3n) is 11.4. The molecule has 0 unspecified atom stereocenters. The van der Waals surface area contributed by atoms with Crippen LogP contribution in [0.2, 0.25) is 0 Å². The third kappa shape index (κ3) is 4.64. The smallest absolute Gasteiger partial charge is 0.167 e. The van der Waals surface area contributed by atoms with Gasteiger partial charge in [-0.3, -0.25) is 0 Å². The molecule has 0 atom stereocenters. The Bertz CT molecular complexity index is 3440. The summed E-state index contributed by atoms with van der Waals surface area (Å²) in [5.74, 6) is 2.68. The van der Waals surface area contributed by atoms with Crippen LogP contribution in [0.3, 0.4) is 0 Å². The summed E-state index contributed by atoms with van der Waals surface area (Å²) in [5.41, 5.74) is 8.88. The molecule has 5 heteroatoms. The van der Waals surface area contributed by atoms with Crippen LogP contribution >= 0.6 is 0 Å². The lowest BCUT2D eigenvalue weighted by Crippen LogP contribution is -2.07. The number of nitrogens with zero attached hydrogens (tertiary/aromatic N) is 3. The average molecular weight is 718 g/mol. The SMILES string of the molecule is C1=C(c2nc(-c3ccc(-c4cccc5oc6ccccc6c45)c4ccccc34)nc(-c3cc4ccccc4c4ccccc34)n2)c2oc3ccccc3c2CC1. The number of benzene rings is 8. The molecule has 0 radical (unpaired) electrons. The number of para-hydroxylation sites is 2. The van der Waals surface area contributed by atoms with Gasteiger partial charge in [0.1, 0.15) is 22.5 Å². The van der Waals surface area contributed by atoms with E-state index < -0.39 is 0 Å². The van der Waals surface area contributed by atoms with Crippen molar-refractivity contribution in [2.24, 2.45) is 0 Å². The number of aromatic nitrogens is 3. The number of aryl methyl sites for hydroxylation is 1. The van der Waals surface area contributed by atoms with Crippen molar-refractivity contribution in [2.45, 2.75) is 12.8 Å². The van der Waals surface area contributed by atoms with E-state index in [1.54, 1.807) is 0 Å². The zero-order chi connectivity index (χ0) is 36.7. The summed E-state index contributed by atoms with van der Waals surface area (Å²) in [6.45, 7) is 0. The molecule has 0 N–H and O–H groups in total. The van der Waals surface area contributed by atoms with E-state index in [4.69, 9.17) is 23.8 Å². The van der Waals surface area contributed by atoms with Crippen molar-refractivity contribution in [3.63, 3.8) is 0 Å². The zero-order valence-electron chi connectivity index (χ0n) is 30.2. The highest BCUT2D eigenvalue weighted by atomic mass is 16.3. The Labute approximate surface area is 321 Å². The van der Waals surface area contributed by atoms with Gasteiger partial charge in [0.25, 0.3) is 0 Å². The Kier molecular flexibility index (Phi) is 6.69. The molecule has 0 spiro atoms. The summed E-state index contributed by atoms with van der Waals surface area (Å²) in [4.78, 5) is 16.0. The number of rotatable bonds is 4. The summed E-state index contributed by atoms with van der Waals surface area (Å²) in [6.07, 6.45) is 4.00. The maximum atomic E-state index is 6.59. The Morgan fingerprint density at radius 3 is 1.77 bits per heavy atom. The predicted octanol–water partition coefficient (Wildman–Crippen LogP) is 13.4. The minimum atomic E-state index is 0.602. The van der Waals surface area contributed by atoms with Crippen molar-refractivity contribution in [2.75, 3.05) is 0 Å². The summed E-state index contributed by atoms with van der Waals surface area (Å²) < 4.78 is 12.9. The van der Waals surface area contributed by atoms with Crippen LogP contribution in [0.4, 0.5) is 0 Å². The molecular weight excluding hydrogens is 687 g/mol. The molecule has 12 rings (SSSR count). The second-order valence-corrected chi connectivity index (χ2v) is 14.5. The zero-order valence-corrected chi connectivity index (χ0v) is 30.2. The molecule has 1 aliphatic rings. The van der Waals surface area contributed by atoms with Crippen LogP contribution in [-0.4, -0.2) is 15.0 Å². The summed E-state index contributed by atoms with van der Waals surface area (Å²) >= 11 is 0. The van der Waals surface area contributed by atoms with Crippen molar-refractivity contribution in [1.29, 1.82) is 0 Å². The van der Waals surface area contributed by atoms with Gasteiger partial charge in [0.2, 0.25) is 0 Å². The Hall–Kier alpha value is -7.37. The van der Waals surface area contributed by atoms with Gasteiger partial charge in [-0.25, -0.2) is 15.0 Å². The lowest BCUT2D eigenvalue weighted by Gasteiger charge is -2.16. The van der Waals surface area contributed by atoms with E-state index in [1.165, 1.54) is 10.9 Å². The molecule has 0 saturated carbocycles. The highest BCUT2D eigenvalue weighted by Gasteiger charge is 2.26.